The maximum Gasteiger partial charge on any atom is 0.156 e. The predicted octanol–water partition coefficient (Wildman–Crippen LogP) is 12.3. The maximum atomic E-state index is 4.64. The molecule has 0 aliphatic rings. The molecule has 0 aliphatic carbocycles. The third kappa shape index (κ3) is 4.61. The van der Waals surface area contributed by atoms with Crippen LogP contribution in [0.2, 0.25) is 0 Å². The predicted molar refractivity (Wildman–Crippen MR) is 218 cm³/mol. The number of aryl methyl sites for hydroxylation is 2. The number of hydrogen-bond donors (Lipinski definition) is 0. The lowest BCUT2D eigenvalue weighted by Gasteiger charge is -2.18. The molecule has 10 rings (SSSR count). The number of benzene rings is 7. The summed E-state index contributed by atoms with van der Waals surface area (Å²) in [5.74, 6) is 0.817. The fourth-order valence-electron chi connectivity index (χ4n) is 8.42. The van der Waals surface area contributed by atoms with E-state index in [1.165, 1.54) is 82.4 Å². The highest BCUT2D eigenvalue weighted by Crippen LogP contribution is 2.40. The van der Waals surface area contributed by atoms with E-state index in [0.717, 1.165) is 29.7 Å². The van der Waals surface area contributed by atoms with E-state index in [1.54, 1.807) is 12.4 Å². The molecule has 0 saturated carbocycles. The molecule has 0 fully saturated rings. The van der Waals surface area contributed by atoms with Gasteiger partial charge in [0.15, 0.2) is 5.82 Å². The quantitative estimate of drug-likeness (QED) is 0.177. The van der Waals surface area contributed by atoms with Crippen LogP contribution in [-0.4, -0.2) is 19.1 Å². The molecule has 7 aromatic carbocycles. The van der Waals surface area contributed by atoms with Gasteiger partial charge >= 0.3 is 0 Å². The molecule has 0 atom stereocenters. The lowest BCUT2D eigenvalue weighted by Crippen LogP contribution is -1.99. The van der Waals surface area contributed by atoms with E-state index in [1.807, 2.05) is 6.20 Å². The van der Waals surface area contributed by atoms with Crippen LogP contribution in [0.25, 0.3) is 88.1 Å². The fraction of sp³-hybridized carbons (Fsp3) is 0.0833. The van der Waals surface area contributed by atoms with Crippen molar-refractivity contribution in [2.24, 2.45) is 0 Å². The first-order valence-electron chi connectivity index (χ1n) is 18.2. The Hall–Kier alpha value is -6.52. The van der Waals surface area contributed by atoms with Crippen molar-refractivity contribution in [3.05, 3.63) is 169 Å². The molecule has 0 saturated heterocycles. The van der Waals surface area contributed by atoms with Gasteiger partial charge in [-0.1, -0.05) is 105 Å². The van der Waals surface area contributed by atoms with E-state index >= 15 is 0 Å². The van der Waals surface area contributed by atoms with Crippen molar-refractivity contribution in [3.63, 3.8) is 0 Å². The van der Waals surface area contributed by atoms with Gasteiger partial charge in [0.2, 0.25) is 0 Å². The average molecular weight is 669 g/mol. The van der Waals surface area contributed by atoms with Crippen LogP contribution in [0.3, 0.4) is 0 Å². The molecule has 0 amide bonds. The summed E-state index contributed by atoms with van der Waals surface area (Å²) in [6, 6.07) is 51.6. The van der Waals surface area contributed by atoms with Crippen molar-refractivity contribution in [1.82, 2.24) is 19.1 Å². The minimum Gasteiger partial charge on any atom is -0.309 e. The smallest absolute Gasteiger partial charge is 0.156 e. The molecule has 0 unspecified atom stereocenters. The van der Waals surface area contributed by atoms with Crippen LogP contribution in [0.4, 0.5) is 0 Å². The van der Waals surface area contributed by atoms with Gasteiger partial charge in [-0.3, -0.25) is 9.55 Å². The van der Waals surface area contributed by atoms with Crippen molar-refractivity contribution in [1.29, 1.82) is 0 Å². The summed E-state index contributed by atoms with van der Waals surface area (Å²) in [5, 5.41) is 7.52. The van der Waals surface area contributed by atoms with Crippen LogP contribution in [0.15, 0.2) is 158 Å². The van der Waals surface area contributed by atoms with Gasteiger partial charge in [-0.15, -0.1) is 0 Å². The van der Waals surface area contributed by atoms with Gasteiger partial charge in [0.25, 0.3) is 0 Å². The number of nitrogens with zero attached hydrogens (tertiary/aromatic N) is 4. The first-order valence-corrected chi connectivity index (χ1v) is 18.2. The Balaban J connectivity index is 1.13. The molecule has 0 radical (unpaired) electrons. The summed E-state index contributed by atoms with van der Waals surface area (Å²) in [6.45, 7) is 4.54. The maximum absolute atomic E-state index is 4.64. The fourth-order valence-corrected chi connectivity index (χ4v) is 8.42. The molecular weight excluding hydrogens is 633 g/mol. The number of para-hydroxylation sites is 2. The van der Waals surface area contributed by atoms with Crippen molar-refractivity contribution in [3.8, 4) is 33.8 Å². The Labute approximate surface area is 302 Å². The first kappa shape index (κ1) is 30.3. The molecule has 3 heterocycles. The van der Waals surface area contributed by atoms with E-state index in [9.17, 15) is 0 Å². The normalized spacial score (nSPS) is 11.8. The van der Waals surface area contributed by atoms with Gasteiger partial charge in [0.05, 0.1) is 28.3 Å². The molecule has 52 heavy (non-hydrogen) atoms. The average Bonchev–Trinajstić information content (AvgIpc) is 3.72. The van der Waals surface area contributed by atoms with Crippen molar-refractivity contribution in [2.75, 3.05) is 0 Å². The minimum atomic E-state index is 0.817. The third-order valence-electron chi connectivity index (χ3n) is 10.9. The molecular formula is C48H36N4. The summed E-state index contributed by atoms with van der Waals surface area (Å²) >= 11 is 0. The van der Waals surface area contributed by atoms with E-state index in [0.29, 0.717) is 0 Å². The van der Waals surface area contributed by atoms with Gasteiger partial charge < -0.3 is 4.57 Å². The van der Waals surface area contributed by atoms with Crippen LogP contribution >= 0.6 is 0 Å². The Bertz CT molecular complexity index is 2980. The Morgan fingerprint density at radius 1 is 0.481 bits per heavy atom. The topological polar surface area (TPSA) is 35.6 Å². The number of fused-ring (bicyclic) bond motifs is 7. The zero-order valence-corrected chi connectivity index (χ0v) is 29.2. The van der Waals surface area contributed by atoms with E-state index < -0.39 is 0 Å². The van der Waals surface area contributed by atoms with Crippen LogP contribution in [0.5, 0.6) is 0 Å². The second kappa shape index (κ2) is 12.1. The lowest BCUT2D eigenvalue weighted by atomic mass is 9.88. The largest absolute Gasteiger partial charge is 0.309 e. The Morgan fingerprint density at radius 2 is 1.10 bits per heavy atom. The third-order valence-corrected chi connectivity index (χ3v) is 10.9. The number of hydrogen-bond acceptors (Lipinski definition) is 2. The molecule has 4 heteroatoms. The molecule has 0 aliphatic heterocycles. The molecule has 0 spiro atoms. The summed E-state index contributed by atoms with van der Waals surface area (Å²) in [7, 11) is 0. The highest BCUT2D eigenvalue weighted by molar-refractivity contribution is 6.12. The summed E-state index contributed by atoms with van der Waals surface area (Å²) < 4.78 is 4.65. The van der Waals surface area contributed by atoms with Gasteiger partial charge in [-0.05, 0) is 106 Å². The lowest BCUT2D eigenvalue weighted by molar-refractivity contribution is 1.04. The molecule has 4 nitrogen and oxygen atoms in total. The zero-order valence-electron chi connectivity index (χ0n) is 29.2. The number of rotatable bonds is 6. The van der Waals surface area contributed by atoms with Gasteiger partial charge in [0, 0.05) is 39.6 Å². The van der Waals surface area contributed by atoms with E-state index in [2.05, 4.69) is 172 Å². The van der Waals surface area contributed by atoms with Gasteiger partial charge in [-0.2, -0.15) is 0 Å². The minimum absolute atomic E-state index is 0.817. The number of aromatic nitrogens is 4. The molecule has 0 N–H and O–H groups in total. The molecule has 248 valence electrons. The Morgan fingerprint density at radius 3 is 1.77 bits per heavy atom. The van der Waals surface area contributed by atoms with Crippen LogP contribution in [0.1, 0.15) is 25.0 Å². The van der Waals surface area contributed by atoms with Crippen molar-refractivity contribution >= 4 is 54.4 Å². The standard InChI is InChI=1S/C48H36N4/c1-3-31-17-18-33-11-5-6-12-37(33)48(31)38-22-21-36(27-32(38)4-2)51-43-15-9-7-13-39(43)41-28-34(19-23-45(41)51)35-20-24-46-42(29-35)40-14-8-10-16-44(40)52(46)47-30-49-25-26-50-47/h5-30H,3-4H2,1-2H3. The second-order valence-corrected chi connectivity index (χ2v) is 13.6. The van der Waals surface area contributed by atoms with Crippen LogP contribution < -0.4 is 0 Å². The van der Waals surface area contributed by atoms with Crippen molar-refractivity contribution in [2.45, 2.75) is 26.7 Å². The summed E-state index contributed by atoms with van der Waals surface area (Å²) in [6.07, 6.45) is 7.24. The second-order valence-electron chi connectivity index (χ2n) is 13.6. The summed E-state index contributed by atoms with van der Waals surface area (Å²) in [4.78, 5) is 9.00. The Kier molecular flexibility index (Phi) is 7.03. The highest BCUT2D eigenvalue weighted by Gasteiger charge is 2.18. The molecule has 0 bridgehead atoms. The molecule has 10 aromatic rings. The van der Waals surface area contributed by atoms with E-state index in [4.69, 9.17) is 0 Å². The van der Waals surface area contributed by atoms with Gasteiger partial charge in [-0.25, -0.2) is 4.98 Å². The summed E-state index contributed by atoms with van der Waals surface area (Å²) in [5.41, 5.74) is 13.7. The highest BCUT2D eigenvalue weighted by atomic mass is 15.1. The van der Waals surface area contributed by atoms with Crippen molar-refractivity contribution < 1.29 is 0 Å². The monoisotopic (exact) mass is 668 g/mol. The van der Waals surface area contributed by atoms with E-state index in [-0.39, 0.29) is 0 Å². The zero-order chi connectivity index (χ0) is 34.8. The first-order chi connectivity index (χ1) is 25.7. The SMILES string of the molecule is CCc1cc(-n2c3ccccc3c3cc(-c4ccc5c(c4)c4ccccc4n5-c4cnccn4)ccc32)ccc1-c1c(CC)ccc2ccccc12. The molecule has 3 aromatic heterocycles. The van der Waals surface area contributed by atoms with Crippen LogP contribution in [-0.2, 0) is 12.8 Å². The van der Waals surface area contributed by atoms with Crippen LogP contribution in [0, 0.1) is 0 Å². The van der Waals surface area contributed by atoms with Gasteiger partial charge in [0.1, 0.15) is 0 Å².